The SMILES string of the molecule is Cc1ccccc1C(=O)Nc1ccc(S(=O)(=O)N[C@H]2CCN(C(=O)OC(C)C)C[C@@H]2C)c2ccccc12. The first-order valence-electron chi connectivity index (χ1n) is 12.4. The number of fused-ring (bicyclic) bond motifs is 1. The van der Waals surface area contributed by atoms with Crippen LogP contribution in [0.2, 0.25) is 0 Å². The molecule has 0 unspecified atom stereocenters. The molecular formula is C28H33N3O5S. The van der Waals surface area contributed by atoms with Crippen molar-refractivity contribution >= 4 is 38.5 Å². The summed E-state index contributed by atoms with van der Waals surface area (Å²) in [7, 11) is -3.88. The minimum absolute atomic E-state index is 0.0952. The first-order valence-corrected chi connectivity index (χ1v) is 13.9. The topological polar surface area (TPSA) is 105 Å². The Morgan fingerprint density at radius 2 is 1.68 bits per heavy atom. The van der Waals surface area contributed by atoms with Crippen molar-refractivity contribution in [3.05, 3.63) is 71.8 Å². The number of likely N-dealkylation sites (tertiary alicyclic amines) is 1. The maximum Gasteiger partial charge on any atom is 0.410 e. The molecule has 2 atom stereocenters. The van der Waals surface area contributed by atoms with Crippen LogP contribution in [0, 0.1) is 12.8 Å². The largest absolute Gasteiger partial charge is 0.447 e. The van der Waals surface area contributed by atoms with Crippen molar-refractivity contribution in [2.75, 3.05) is 18.4 Å². The van der Waals surface area contributed by atoms with Crippen LogP contribution in [-0.2, 0) is 14.8 Å². The second kappa shape index (κ2) is 10.9. The molecule has 0 radical (unpaired) electrons. The monoisotopic (exact) mass is 523 g/mol. The lowest BCUT2D eigenvalue weighted by Crippen LogP contribution is -2.51. The van der Waals surface area contributed by atoms with Gasteiger partial charge >= 0.3 is 6.09 Å². The van der Waals surface area contributed by atoms with E-state index in [1.54, 1.807) is 55.1 Å². The minimum atomic E-state index is -3.88. The number of amides is 2. The van der Waals surface area contributed by atoms with E-state index < -0.39 is 10.0 Å². The normalized spacial score (nSPS) is 18.1. The van der Waals surface area contributed by atoms with Crippen LogP contribution in [0.4, 0.5) is 10.5 Å². The van der Waals surface area contributed by atoms with Gasteiger partial charge in [0.1, 0.15) is 0 Å². The summed E-state index contributed by atoms with van der Waals surface area (Å²) in [5.74, 6) is -0.351. The summed E-state index contributed by atoms with van der Waals surface area (Å²) in [5, 5.41) is 4.08. The summed E-state index contributed by atoms with van der Waals surface area (Å²) in [6.07, 6.45) is -0.106. The fraction of sp³-hybridized carbons (Fsp3) is 0.357. The van der Waals surface area contributed by atoms with Crippen LogP contribution < -0.4 is 10.0 Å². The molecule has 0 aliphatic carbocycles. The molecule has 4 rings (SSSR count). The molecule has 1 fully saturated rings. The molecule has 2 N–H and O–H groups in total. The molecule has 8 nitrogen and oxygen atoms in total. The predicted molar refractivity (Wildman–Crippen MR) is 144 cm³/mol. The van der Waals surface area contributed by atoms with Crippen LogP contribution in [0.5, 0.6) is 0 Å². The van der Waals surface area contributed by atoms with E-state index in [1.165, 1.54) is 6.07 Å². The number of sulfonamides is 1. The van der Waals surface area contributed by atoms with Gasteiger partial charge in [0.2, 0.25) is 10.0 Å². The van der Waals surface area contributed by atoms with Crippen molar-refractivity contribution < 1.29 is 22.7 Å². The molecule has 1 aliphatic heterocycles. The molecule has 9 heteroatoms. The summed E-state index contributed by atoms with van der Waals surface area (Å²) < 4.78 is 35.2. The van der Waals surface area contributed by atoms with E-state index in [9.17, 15) is 18.0 Å². The summed E-state index contributed by atoms with van der Waals surface area (Å²) in [6, 6.07) is 17.2. The second-order valence-corrected chi connectivity index (χ2v) is 11.5. The van der Waals surface area contributed by atoms with E-state index in [-0.39, 0.29) is 35.0 Å². The smallest absolute Gasteiger partial charge is 0.410 e. The molecule has 2 amide bonds. The zero-order chi connectivity index (χ0) is 26.7. The average molecular weight is 524 g/mol. The highest BCUT2D eigenvalue weighted by molar-refractivity contribution is 7.89. The molecule has 0 saturated carbocycles. The van der Waals surface area contributed by atoms with E-state index in [4.69, 9.17) is 4.74 Å². The number of piperidine rings is 1. The van der Waals surface area contributed by atoms with Gasteiger partial charge in [0, 0.05) is 41.2 Å². The van der Waals surface area contributed by atoms with Gasteiger partial charge in [0.05, 0.1) is 11.0 Å². The lowest BCUT2D eigenvalue weighted by atomic mass is 9.95. The van der Waals surface area contributed by atoms with Crippen molar-refractivity contribution in [2.45, 2.75) is 51.2 Å². The fourth-order valence-electron chi connectivity index (χ4n) is 4.66. The molecule has 3 aromatic rings. The Hall–Kier alpha value is -3.43. The van der Waals surface area contributed by atoms with Crippen molar-refractivity contribution in [1.29, 1.82) is 0 Å². The van der Waals surface area contributed by atoms with E-state index in [0.717, 1.165) is 5.56 Å². The number of nitrogens with zero attached hydrogens (tertiary/aromatic N) is 1. The van der Waals surface area contributed by atoms with Crippen LogP contribution in [0.1, 0.15) is 43.1 Å². The third-order valence-corrected chi connectivity index (χ3v) is 8.17. The third-order valence-electron chi connectivity index (χ3n) is 6.62. The standard InChI is InChI=1S/C28H33N3O5S/c1-18(2)36-28(33)31-16-15-24(20(4)17-31)30-37(34,35)26-14-13-25(22-11-7-8-12-23(22)26)29-27(32)21-10-6-5-9-19(21)3/h5-14,18,20,24,30H,15-17H2,1-4H3,(H,29,32)/t20-,24-/m0/s1. The highest BCUT2D eigenvalue weighted by atomic mass is 32.2. The predicted octanol–water partition coefficient (Wildman–Crippen LogP) is 4.93. The van der Waals surface area contributed by atoms with Gasteiger partial charge in [-0.25, -0.2) is 17.9 Å². The third kappa shape index (κ3) is 5.94. The number of hydrogen-bond donors (Lipinski definition) is 2. The van der Waals surface area contributed by atoms with Gasteiger partial charge in [-0.2, -0.15) is 0 Å². The Kier molecular flexibility index (Phi) is 7.85. The van der Waals surface area contributed by atoms with Crippen LogP contribution in [0.3, 0.4) is 0 Å². The summed E-state index contributed by atoms with van der Waals surface area (Å²) in [6.45, 7) is 8.20. The number of anilines is 1. The molecule has 3 aromatic carbocycles. The Morgan fingerprint density at radius 1 is 1.00 bits per heavy atom. The van der Waals surface area contributed by atoms with Gasteiger partial charge in [-0.3, -0.25) is 4.79 Å². The highest BCUT2D eigenvalue weighted by Gasteiger charge is 2.33. The summed E-state index contributed by atoms with van der Waals surface area (Å²) in [4.78, 5) is 26.9. The molecule has 1 heterocycles. The first kappa shape index (κ1) is 26.6. The molecule has 0 spiro atoms. The van der Waals surface area contributed by atoms with E-state index in [1.807, 2.05) is 32.0 Å². The number of hydrogen-bond acceptors (Lipinski definition) is 5. The number of carbonyl (C=O) groups is 2. The Labute approximate surface area is 218 Å². The Bertz CT molecular complexity index is 1420. The van der Waals surface area contributed by atoms with E-state index >= 15 is 0 Å². The first-order chi connectivity index (χ1) is 17.6. The number of benzene rings is 3. The van der Waals surface area contributed by atoms with Crippen molar-refractivity contribution in [3.63, 3.8) is 0 Å². The zero-order valence-corrected chi connectivity index (χ0v) is 22.3. The van der Waals surface area contributed by atoms with Crippen LogP contribution >= 0.6 is 0 Å². The lowest BCUT2D eigenvalue weighted by Gasteiger charge is -2.36. The van der Waals surface area contributed by atoms with E-state index in [0.29, 0.717) is 41.5 Å². The minimum Gasteiger partial charge on any atom is -0.447 e. The van der Waals surface area contributed by atoms with Crippen molar-refractivity contribution in [3.8, 4) is 0 Å². The average Bonchev–Trinajstić information content (AvgIpc) is 2.85. The lowest BCUT2D eigenvalue weighted by molar-refractivity contribution is 0.0600. The summed E-state index contributed by atoms with van der Waals surface area (Å²) in [5.41, 5.74) is 1.95. The van der Waals surface area contributed by atoms with Gasteiger partial charge < -0.3 is 15.0 Å². The van der Waals surface area contributed by atoms with Gasteiger partial charge in [-0.15, -0.1) is 0 Å². The fourth-order valence-corrected chi connectivity index (χ4v) is 6.25. The molecule has 1 aliphatic rings. The molecule has 1 saturated heterocycles. The van der Waals surface area contributed by atoms with Crippen LogP contribution in [-0.4, -0.2) is 50.6 Å². The maximum absolute atomic E-state index is 13.5. The van der Waals surface area contributed by atoms with Gasteiger partial charge in [0.15, 0.2) is 0 Å². The van der Waals surface area contributed by atoms with Gasteiger partial charge in [0.25, 0.3) is 5.91 Å². The maximum atomic E-state index is 13.5. The van der Waals surface area contributed by atoms with Crippen LogP contribution in [0.15, 0.2) is 65.6 Å². The number of rotatable bonds is 6. The molecule has 37 heavy (non-hydrogen) atoms. The number of ether oxygens (including phenoxy) is 1. The van der Waals surface area contributed by atoms with Crippen LogP contribution in [0.25, 0.3) is 10.8 Å². The summed E-state index contributed by atoms with van der Waals surface area (Å²) >= 11 is 0. The van der Waals surface area contributed by atoms with Gasteiger partial charge in [-0.1, -0.05) is 49.4 Å². The van der Waals surface area contributed by atoms with Gasteiger partial charge in [-0.05, 0) is 56.9 Å². The number of aryl methyl sites for hydroxylation is 1. The van der Waals surface area contributed by atoms with E-state index in [2.05, 4.69) is 10.0 Å². The number of carbonyl (C=O) groups excluding carboxylic acids is 2. The van der Waals surface area contributed by atoms with Crippen molar-refractivity contribution in [1.82, 2.24) is 9.62 Å². The molecular weight excluding hydrogens is 490 g/mol. The Morgan fingerprint density at radius 3 is 2.35 bits per heavy atom. The molecule has 196 valence electrons. The molecule has 0 bridgehead atoms. The quantitative estimate of drug-likeness (QED) is 0.477. The van der Waals surface area contributed by atoms with Crippen molar-refractivity contribution in [2.24, 2.45) is 5.92 Å². The Balaban J connectivity index is 1.55. The highest BCUT2D eigenvalue weighted by Crippen LogP contribution is 2.31. The zero-order valence-electron chi connectivity index (χ0n) is 21.5. The second-order valence-electron chi connectivity index (χ2n) is 9.80. The molecule has 0 aromatic heterocycles. The number of nitrogens with one attached hydrogen (secondary N) is 2.